The Labute approximate surface area is 106 Å². The summed E-state index contributed by atoms with van der Waals surface area (Å²) in [6.45, 7) is 0.621. The van der Waals surface area contributed by atoms with Crippen LogP contribution < -0.4 is 22.7 Å². The molecule has 0 aliphatic heterocycles. The first-order valence-corrected chi connectivity index (χ1v) is 5.24. The van der Waals surface area contributed by atoms with Crippen molar-refractivity contribution in [1.29, 1.82) is 0 Å². The quantitative estimate of drug-likeness (QED) is 0.548. The molecule has 1 heterocycles. The summed E-state index contributed by atoms with van der Waals surface area (Å²) < 4.78 is 15.0. The summed E-state index contributed by atoms with van der Waals surface area (Å²) in [5.41, 5.74) is 7.13. The summed E-state index contributed by atoms with van der Waals surface area (Å²) in [5, 5.41) is 0. The number of hydrogen-bond donors (Lipinski definition) is 1. The van der Waals surface area contributed by atoms with Gasteiger partial charge in [0.25, 0.3) is 0 Å². The van der Waals surface area contributed by atoms with Crippen molar-refractivity contribution >= 4 is 5.69 Å². The van der Waals surface area contributed by atoms with Crippen LogP contribution in [0.5, 0.6) is 0 Å². The van der Waals surface area contributed by atoms with Crippen LogP contribution in [0.25, 0.3) is 0 Å². The molecule has 0 aliphatic carbocycles. The van der Waals surface area contributed by atoms with Crippen LogP contribution in [-0.4, -0.2) is 0 Å². The smallest absolute Gasteiger partial charge is 0.361 e. The Hall–Kier alpha value is -1.61. The zero-order valence-electron chi connectivity index (χ0n) is 9.31. The van der Waals surface area contributed by atoms with Gasteiger partial charge in [-0.2, -0.15) is 4.57 Å². The van der Waals surface area contributed by atoms with E-state index >= 15 is 0 Å². The second-order valence-corrected chi connectivity index (χ2v) is 3.71. The first-order valence-electron chi connectivity index (χ1n) is 5.24. The lowest BCUT2D eigenvalue weighted by Gasteiger charge is -1.99. The highest BCUT2D eigenvalue weighted by Gasteiger charge is 2.09. The first-order chi connectivity index (χ1) is 7.75. The van der Waals surface area contributed by atoms with Gasteiger partial charge in [0, 0.05) is 18.2 Å². The predicted molar refractivity (Wildman–Crippen MR) is 61.2 cm³/mol. The van der Waals surface area contributed by atoms with Crippen LogP contribution in [0, 0.1) is 5.95 Å². The second-order valence-electron chi connectivity index (χ2n) is 3.71. The molecular weight excluding hydrogens is 239 g/mol. The number of nitrogen functional groups attached to an aromatic ring is 1. The van der Waals surface area contributed by atoms with Crippen LogP contribution in [0.4, 0.5) is 10.1 Å². The van der Waals surface area contributed by atoms with Crippen molar-refractivity contribution in [2.75, 3.05) is 5.73 Å². The van der Waals surface area contributed by atoms with Gasteiger partial charge in [0.15, 0.2) is 12.7 Å². The third-order valence-electron chi connectivity index (χ3n) is 2.49. The molecule has 17 heavy (non-hydrogen) atoms. The van der Waals surface area contributed by atoms with Gasteiger partial charge in [0.05, 0.1) is 6.07 Å². The fourth-order valence-electron chi connectivity index (χ4n) is 1.59. The van der Waals surface area contributed by atoms with E-state index in [9.17, 15) is 4.39 Å². The maximum absolute atomic E-state index is 13.4. The summed E-state index contributed by atoms with van der Waals surface area (Å²) in [7, 11) is 0. The minimum Gasteiger partial charge on any atom is -1.00 e. The van der Waals surface area contributed by atoms with E-state index in [0.29, 0.717) is 12.2 Å². The molecule has 0 aliphatic rings. The van der Waals surface area contributed by atoms with Crippen molar-refractivity contribution in [2.24, 2.45) is 0 Å². The summed E-state index contributed by atoms with van der Waals surface area (Å²) in [6.07, 6.45) is 2.49. The molecule has 90 valence electrons. The van der Waals surface area contributed by atoms with E-state index in [0.717, 1.165) is 6.42 Å². The first kappa shape index (κ1) is 13.5. The number of anilines is 1. The van der Waals surface area contributed by atoms with E-state index < -0.39 is 0 Å². The topological polar surface area (TPSA) is 29.9 Å². The van der Waals surface area contributed by atoms with Gasteiger partial charge in [-0.25, -0.2) is 0 Å². The Kier molecular flexibility index (Phi) is 4.91. The molecule has 0 spiro atoms. The third kappa shape index (κ3) is 3.71. The number of halogens is 2. The zero-order chi connectivity index (χ0) is 11.4. The van der Waals surface area contributed by atoms with Crippen LogP contribution in [0.3, 0.4) is 0 Å². The molecule has 1 aromatic carbocycles. The predicted octanol–water partition coefficient (Wildman–Crippen LogP) is -1.06. The van der Waals surface area contributed by atoms with E-state index in [1.54, 1.807) is 16.8 Å². The van der Waals surface area contributed by atoms with Crippen molar-refractivity contribution in [2.45, 2.75) is 13.0 Å². The fourth-order valence-corrected chi connectivity index (χ4v) is 1.59. The molecule has 0 atom stereocenters. The number of aryl methyl sites for hydroxylation is 2. The normalized spacial score (nSPS) is 9.71. The third-order valence-corrected chi connectivity index (χ3v) is 2.49. The van der Waals surface area contributed by atoms with Crippen LogP contribution >= 0.6 is 0 Å². The standard InChI is InChI=1S/C13H13FN2.ClH/c14-13-10-12(15)7-9-16(13)8-6-11-4-2-1-3-5-11;/h1-5,7,9-10,15H,6,8H2;1H. The van der Waals surface area contributed by atoms with Crippen LogP contribution in [0.2, 0.25) is 0 Å². The van der Waals surface area contributed by atoms with Gasteiger partial charge >= 0.3 is 5.95 Å². The molecule has 0 saturated carbocycles. The van der Waals surface area contributed by atoms with E-state index in [1.165, 1.54) is 11.6 Å². The van der Waals surface area contributed by atoms with Gasteiger partial charge in [-0.15, -0.1) is 4.39 Å². The lowest BCUT2D eigenvalue weighted by Crippen LogP contribution is -3.00. The zero-order valence-corrected chi connectivity index (χ0v) is 10.1. The second kappa shape index (κ2) is 6.21. The molecule has 0 radical (unpaired) electrons. The van der Waals surface area contributed by atoms with Crippen molar-refractivity contribution < 1.29 is 21.4 Å². The largest absolute Gasteiger partial charge is 1.00 e. The fraction of sp³-hybridized carbons (Fsp3) is 0.154. The van der Waals surface area contributed by atoms with Gasteiger partial charge in [0.2, 0.25) is 0 Å². The van der Waals surface area contributed by atoms with E-state index in [-0.39, 0.29) is 18.4 Å². The highest BCUT2D eigenvalue weighted by atomic mass is 35.5. The lowest BCUT2D eigenvalue weighted by molar-refractivity contribution is -0.723. The molecule has 1 aromatic heterocycles. The Morgan fingerprint density at radius 2 is 1.82 bits per heavy atom. The highest BCUT2D eigenvalue weighted by Crippen LogP contribution is 2.02. The van der Waals surface area contributed by atoms with Crippen molar-refractivity contribution in [1.82, 2.24) is 0 Å². The number of aromatic nitrogens is 1. The number of pyridine rings is 1. The molecule has 2 nitrogen and oxygen atoms in total. The maximum Gasteiger partial charge on any atom is 0.361 e. The molecule has 4 heteroatoms. The Morgan fingerprint density at radius 3 is 2.47 bits per heavy atom. The van der Waals surface area contributed by atoms with Crippen molar-refractivity contribution in [3.05, 3.63) is 60.2 Å². The monoisotopic (exact) mass is 252 g/mol. The number of rotatable bonds is 3. The van der Waals surface area contributed by atoms with E-state index in [4.69, 9.17) is 5.73 Å². The molecule has 2 rings (SSSR count). The summed E-state index contributed by atoms with van der Waals surface area (Å²) in [6, 6.07) is 13.1. The average molecular weight is 253 g/mol. The Morgan fingerprint density at radius 1 is 1.12 bits per heavy atom. The summed E-state index contributed by atoms with van der Waals surface area (Å²) in [4.78, 5) is 0. The maximum atomic E-state index is 13.4. The molecular formula is C13H14ClFN2. The van der Waals surface area contributed by atoms with Crippen LogP contribution in [-0.2, 0) is 13.0 Å². The molecule has 0 unspecified atom stereocenters. The molecule has 0 saturated heterocycles. The number of nitrogens with two attached hydrogens (primary N) is 1. The minimum atomic E-state index is -0.295. The van der Waals surface area contributed by atoms with Crippen molar-refractivity contribution in [3.63, 3.8) is 0 Å². The summed E-state index contributed by atoms with van der Waals surface area (Å²) >= 11 is 0. The van der Waals surface area contributed by atoms with E-state index in [1.807, 2.05) is 30.3 Å². The van der Waals surface area contributed by atoms with Crippen LogP contribution in [0.1, 0.15) is 5.56 Å². The number of hydrogen-bond acceptors (Lipinski definition) is 1. The lowest BCUT2D eigenvalue weighted by atomic mass is 10.1. The SMILES string of the molecule is Nc1cc[n+](CCc2ccccc2)c(F)c1.[Cl-]. The molecule has 0 fully saturated rings. The van der Waals surface area contributed by atoms with Gasteiger partial charge in [-0.1, -0.05) is 30.3 Å². The molecule has 2 aromatic rings. The minimum absolute atomic E-state index is 0. The van der Waals surface area contributed by atoms with Crippen LogP contribution in [0.15, 0.2) is 48.7 Å². The highest BCUT2D eigenvalue weighted by molar-refractivity contribution is 5.32. The number of nitrogens with zero attached hydrogens (tertiary/aromatic N) is 1. The van der Waals surface area contributed by atoms with Crippen molar-refractivity contribution in [3.8, 4) is 0 Å². The van der Waals surface area contributed by atoms with E-state index in [2.05, 4.69) is 0 Å². The van der Waals surface area contributed by atoms with Gasteiger partial charge in [-0.3, -0.25) is 0 Å². The van der Waals surface area contributed by atoms with Gasteiger partial charge < -0.3 is 18.1 Å². The molecule has 2 N–H and O–H groups in total. The van der Waals surface area contributed by atoms with Gasteiger partial charge in [0.1, 0.15) is 0 Å². The molecule has 0 bridgehead atoms. The number of benzene rings is 1. The Balaban J connectivity index is 0.00000144. The average Bonchev–Trinajstić information content (AvgIpc) is 2.29. The Bertz CT molecular complexity index is 474. The molecule has 0 amide bonds. The summed E-state index contributed by atoms with van der Waals surface area (Å²) in [5.74, 6) is -0.295. The van der Waals surface area contributed by atoms with Gasteiger partial charge in [-0.05, 0) is 5.56 Å².